The van der Waals surface area contributed by atoms with Crippen LogP contribution in [0.15, 0.2) is 36.5 Å². The number of para-hydroxylation sites is 1. The number of hydrogen-bond donors (Lipinski definition) is 1. The second-order valence-corrected chi connectivity index (χ2v) is 6.34. The van der Waals surface area contributed by atoms with E-state index in [0.29, 0.717) is 11.6 Å². The highest BCUT2D eigenvalue weighted by Crippen LogP contribution is 2.41. The van der Waals surface area contributed by atoms with E-state index in [1.54, 1.807) is 12.3 Å². The molecule has 0 unspecified atom stereocenters. The average Bonchev–Trinajstić information content (AvgIpc) is 2.82. The predicted molar refractivity (Wildman–Crippen MR) is 88.0 cm³/mol. The standard InChI is InChI=1S/C18H20N2O3/c1-12-7-8-15(19-10-12)20-16(21)11-22-14-6-4-5-13-9-18(2,3)23-17(13)14/h4-8,10H,9,11H2,1-3H3,(H,19,20,21). The van der Waals surface area contributed by atoms with Crippen molar-refractivity contribution >= 4 is 11.7 Å². The Bertz CT molecular complexity index is 724. The number of aryl methyl sites for hydroxylation is 1. The van der Waals surface area contributed by atoms with Gasteiger partial charge in [-0.25, -0.2) is 4.98 Å². The Morgan fingerprint density at radius 2 is 2.17 bits per heavy atom. The minimum Gasteiger partial charge on any atom is -0.483 e. The molecule has 2 heterocycles. The number of carbonyl (C=O) groups is 1. The summed E-state index contributed by atoms with van der Waals surface area (Å²) in [5.74, 6) is 1.59. The summed E-state index contributed by atoms with van der Waals surface area (Å²) in [6.07, 6.45) is 2.54. The Hall–Kier alpha value is -2.56. The van der Waals surface area contributed by atoms with Crippen LogP contribution in [0.1, 0.15) is 25.0 Å². The lowest BCUT2D eigenvalue weighted by molar-refractivity contribution is -0.118. The van der Waals surface area contributed by atoms with Crippen LogP contribution in [0, 0.1) is 6.92 Å². The van der Waals surface area contributed by atoms with Gasteiger partial charge in [-0.1, -0.05) is 18.2 Å². The highest BCUT2D eigenvalue weighted by atomic mass is 16.5. The minimum atomic E-state index is -0.254. The molecule has 0 saturated heterocycles. The van der Waals surface area contributed by atoms with Gasteiger partial charge >= 0.3 is 0 Å². The van der Waals surface area contributed by atoms with E-state index in [-0.39, 0.29) is 18.1 Å². The lowest BCUT2D eigenvalue weighted by atomic mass is 10.0. The predicted octanol–water partition coefficient (Wildman–Crippen LogP) is 3.12. The number of benzene rings is 1. The van der Waals surface area contributed by atoms with E-state index < -0.39 is 0 Å². The molecule has 0 bridgehead atoms. The van der Waals surface area contributed by atoms with Crippen LogP contribution in [0.4, 0.5) is 5.82 Å². The summed E-state index contributed by atoms with van der Waals surface area (Å²) in [6, 6.07) is 9.41. The number of nitrogens with one attached hydrogen (secondary N) is 1. The molecule has 0 saturated carbocycles. The second-order valence-electron chi connectivity index (χ2n) is 6.34. The third-order valence-electron chi connectivity index (χ3n) is 3.59. The Morgan fingerprint density at radius 1 is 1.35 bits per heavy atom. The third kappa shape index (κ3) is 3.62. The summed E-state index contributed by atoms with van der Waals surface area (Å²) in [6.45, 7) is 5.92. The van der Waals surface area contributed by atoms with Gasteiger partial charge in [-0.3, -0.25) is 4.79 Å². The SMILES string of the molecule is Cc1ccc(NC(=O)COc2cccc3c2OC(C)(C)C3)nc1. The van der Waals surface area contributed by atoms with Crippen molar-refractivity contribution in [3.63, 3.8) is 0 Å². The van der Waals surface area contributed by atoms with E-state index in [1.807, 2.05) is 45.0 Å². The molecule has 120 valence electrons. The fraction of sp³-hybridized carbons (Fsp3) is 0.333. The maximum absolute atomic E-state index is 12.0. The van der Waals surface area contributed by atoms with Gasteiger partial charge in [0.2, 0.25) is 0 Å². The van der Waals surface area contributed by atoms with Crippen molar-refractivity contribution in [2.75, 3.05) is 11.9 Å². The average molecular weight is 312 g/mol. The first-order chi connectivity index (χ1) is 10.9. The number of ether oxygens (including phenoxy) is 2. The van der Waals surface area contributed by atoms with E-state index >= 15 is 0 Å². The molecule has 3 rings (SSSR count). The summed E-state index contributed by atoms with van der Waals surface area (Å²) in [7, 11) is 0. The van der Waals surface area contributed by atoms with Crippen LogP contribution in [0.5, 0.6) is 11.5 Å². The maximum Gasteiger partial charge on any atom is 0.263 e. The van der Waals surface area contributed by atoms with Gasteiger partial charge in [-0.05, 0) is 38.5 Å². The van der Waals surface area contributed by atoms with E-state index in [1.165, 1.54) is 0 Å². The largest absolute Gasteiger partial charge is 0.483 e. The zero-order valence-corrected chi connectivity index (χ0v) is 13.6. The monoisotopic (exact) mass is 312 g/mol. The Kier molecular flexibility index (Phi) is 3.94. The van der Waals surface area contributed by atoms with Crippen LogP contribution in [-0.2, 0) is 11.2 Å². The molecule has 1 aliphatic rings. The molecule has 1 N–H and O–H groups in total. The van der Waals surface area contributed by atoms with Crippen LogP contribution < -0.4 is 14.8 Å². The minimum absolute atomic E-state index is 0.0875. The molecule has 1 aliphatic heterocycles. The van der Waals surface area contributed by atoms with Crippen LogP contribution in [0.2, 0.25) is 0 Å². The van der Waals surface area contributed by atoms with Crippen LogP contribution >= 0.6 is 0 Å². The summed E-state index contributed by atoms with van der Waals surface area (Å²) in [4.78, 5) is 16.1. The van der Waals surface area contributed by atoms with E-state index in [9.17, 15) is 4.79 Å². The van der Waals surface area contributed by atoms with Crippen LogP contribution in [0.3, 0.4) is 0 Å². The van der Waals surface area contributed by atoms with Gasteiger partial charge in [0.05, 0.1) is 0 Å². The molecule has 5 heteroatoms. The van der Waals surface area contributed by atoms with E-state index in [2.05, 4.69) is 10.3 Å². The second kappa shape index (κ2) is 5.91. The molecule has 0 aliphatic carbocycles. The first-order valence-corrected chi connectivity index (χ1v) is 7.59. The lowest BCUT2D eigenvalue weighted by Gasteiger charge is -2.18. The number of anilines is 1. The Balaban J connectivity index is 1.62. The summed E-state index contributed by atoms with van der Waals surface area (Å²) >= 11 is 0. The zero-order chi connectivity index (χ0) is 16.4. The number of nitrogens with zero attached hydrogens (tertiary/aromatic N) is 1. The molecule has 1 aromatic heterocycles. The van der Waals surface area contributed by atoms with Gasteiger partial charge < -0.3 is 14.8 Å². The quantitative estimate of drug-likeness (QED) is 0.942. The molecule has 2 aromatic rings. The van der Waals surface area contributed by atoms with Crippen molar-refractivity contribution in [3.05, 3.63) is 47.7 Å². The first kappa shape index (κ1) is 15.3. The summed E-state index contributed by atoms with van der Waals surface area (Å²) < 4.78 is 11.6. The fourth-order valence-corrected chi connectivity index (χ4v) is 2.56. The van der Waals surface area contributed by atoms with Gasteiger partial charge in [0.15, 0.2) is 18.1 Å². The normalized spacial score (nSPS) is 14.7. The van der Waals surface area contributed by atoms with Crippen molar-refractivity contribution in [3.8, 4) is 11.5 Å². The fourth-order valence-electron chi connectivity index (χ4n) is 2.56. The molecule has 23 heavy (non-hydrogen) atoms. The lowest BCUT2D eigenvalue weighted by Crippen LogP contribution is -2.25. The van der Waals surface area contributed by atoms with Gasteiger partial charge in [-0.2, -0.15) is 0 Å². The van der Waals surface area contributed by atoms with Crippen molar-refractivity contribution in [2.24, 2.45) is 0 Å². The van der Waals surface area contributed by atoms with Crippen LogP contribution in [-0.4, -0.2) is 23.1 Å². The highest BCUT2D eigenvalue weighted by Gasteiger charge is 2.32. The highest BCUT2D eigenvalue weighted by molar-refractivity contribution is 5.91. The molecule has 5 nitrogen and oxygen atoms in total. The number of pyridine rings is 1. The van der Waals surface area contributed by atoms with Crippen molar-refractivity contribution in [1.29, 1.82) is 0 Å². The first-order valence-electron chi connectivity index (χ1n) is 7.59. The molecule has 1 amide bonds. The van der Waals surface area contributed by atoms with E-state index in [0.717, 1.165) is 23.3 Å². The molecular weight excluding hydrogens is 292 g/mol. The van der Waals surface area contributed by atoms with Gasteiger partial charge in [0.1, 0.15) is 11.4 Å². The van der Waals surface area contributed by atoms with E-state index in [4.69, 9.17) is 9.47 Å². The summed E-state index contributed by atoms with van der Waals surface area (Å²) in [5, 5.41) is 2.71. The molecular formula is C18H20N2O3. The Labute approximate surface area is 135 Å². The molecule has 0 radical (unpaired) electrons. The van der Waals surface area contributed by atoms with Gasteiger partial charge in [0.25, 0.3) is 5.91 Å². The summed E-state index contributed by atoms with van der Waals surface area (Å²) in [5.41, 5.74) is 1.91. The number of aromatic nitrogens is 1. The Morgan fingerprint density at radius 3 is 2.91 bits per heavy atom. The number of carbonyl (C=O) groups excluding carboxylic acids is 1. The maximum atomic E-state index is 12.0. The van der Waals surface area contributed by atoms with Crippen molar-refractivity contribution in [2.45, 2.75) is 32.8 Å². The number of hydrogen-bond acceptors (Lipinski definition) is 4. The smallest absolute Gasteiger partial charge is 0.263 e. The zero-order valence-electron chi connectivity index (χ0n) is 13.6. The molecule has 0 spiro atoms. The third-order valence-corrected chi connectivity index (χ3v) is 3.59. The topological polar surface area (TPSA) is 60.5 Å². The van der Waals surface area contributed by atoms with Crippen molar-refractivity contribution < 1.29 is 14.3 Å². The molecule has 0 atom stereocenters. The number of fused-ring (bicyclic) bond motifs is 1. The van der Waals surface area contributed by atoms with Gasteiger partial charge in [0, 0.05) is 18.2 Å². The van der Waals surface area contributed by atoms with Crippen molar-refractivity contribution in [1.82, 2.24) is 4.98 Å². The molecule has 1 aromatic carbocycles. The van der Waals surface area contributed by atoms with Gasteiger partial charge in [-0.15, -0.1) is 0 Å². The van der Waals surface area contributed by atoms with Crippen LogP contribution in [0.25, 0.3) is 0 Å². The number of rotatable bonds is 4. The molecule has 0 fully saturated rings. The number of amides is 1.